The van der Waals surface area contributed by atoms with Crippen LogP contribution in [-0.2, 0) is 24.2 Å². The molecule has 2 heterocycles. The standard InChI is InChI=1S/C26H32N4O2S2/c1-4-16-30-25(32)23-20-10-8-7-9-11-21(20)34-24(23)28-26(30)33-17-22(31)27-18-12-14-19(15-13-18)29(5-2)6-3/h4,12-15H,1,5-11,16-17H2,2-3H3,(H,27,31). The average molecular weight is 497 g/mol. The zero-order valence-electron chi connectivity index (χ0n) is 19.9. The monoisotopic (exact) mass is 496 g/mol. The van der Waals surface area contributed by atoms with E-state index in [4.69, 9.17) is 4.98 Å². The molecule has 34 heavy (non-hydrogen) atoms. The number of carbonyl (C=O) groups is 1. The molecule has 0 atom stereocenters. The number of fused-ring (bicyclic) bond motifs is 3. The number of rotatable bonds is 9. The number of carbonyl (C=O) groups excluding carboxylic acids is 1. The summed E-state index contributed by atoms with van der Waals surface area (Å²) in [7, 11) is 0. The van der Waals surface area contributed by atoms with E-state index in [1.165, 1.54) is 35.0 Å². The molecule has 4 rings (SSSR count). The smallest absolute Gasteiger partial charge is 0.263 e. The fourth-order valence-electron chi connectivity index (χ4n) is 4.47. The number of benzene rings is 1. The van der Waals surface area contributed by atoms with Gasteiger partial charge in [0.25, 0.3) is 5.56 Å². The highest BCUT2D eigenvalue weighted by Crippen LogP contribution is 2.34. The molecule has 3 aromatic rings. The van der Waals surface area contributed by atoms with Gasteiger partial charge in [0.15, 0.2) is 5.16 Å². The van der Waals surface area contributed by atoms with Crippen LogP contribution in [0.15, 0.2) is 46.9 Å². The summed E-state index contributed by atoms with van der Waals surface area (Å²) in [4.78, 5) is 35.3. The fourth-order valence-corrected chi connectivity index (χ4v) is 6.58. The number of amides is 1. The Morgan fingerprint density at radius 3 is 2.65 bits per heavy atom. The third kappa shape index (κ3) is 5.23. The first-order chi connectivity index (χ1) is 16.5. The second-order valence-corrected chi connectivity index (χ2v) is 10.4. The maximum Gasteiger partial charge on any atom is 0.263 e. The number of hydrogen-bond donors (Lipinski definition) is 1. The number of aromatic nitrogens is 2. The molecule has 2 aromatic heterocycles. The Hall–Kier alpha value is -2.58. The second-order valence-electron chi connectivity index (χ2n) is 8.40. The van der Waals surface area contributed by atoms with E-state index in [0.717, 1.165) is 53.9 Å². The number of anilines is 2. The van der Waals surface area contributed by atoms with Crippen molar-refractivity contribution in [2.75, 3.05) is 29.1 Å². The maximum atomic E-state index is 13.4. The summed E-state index contributed by atoms with van der Waals surface area (Å²) in [5.74, 6) is 0.0554. The number of nitrogens with zero attached hydrogens (tertiary/aromatic N) is 3. The van der Waals surface area contributed by atoms with E-state index in [1.807, 2.05) is 24.3 Å². The first-order valence-corrected chi connectivity index (χ1v) is 13.8. The number of thiophene rings is 1. The summed E-state index contributed by atoms with van der Waals surface area (Å²) in [6, 6.07) is 7.89. The molecular formula is C26H32N4O2S2. The van der Waals surface area contributed by atoms with Gasteiger partial charge in [-0.2, -0.15) is 0 Å². The number of aryl methyl sites for hydroxylation is 2. The number of thioether (sulfide) groups is 1. The van der Waals surface area contributed by atoms with Crippen molar-refractivity contribution in [3.63, 3.8) is 0 Å². The SMILES string of the molecule is C=CCn1c(SCC(=O)Nc2ccc(N(CC)CC)cc2)nc2sc3c(c2c1=O)CCCCC3. The summed E-state index contributed by atoms with van der Waals surface area (Å²) in [6.45, 7) is 10.3. The predicted octanol–water partition coefficient (Wildman–Crippen LogP) is 5.49. The molecule has 0 radical (unpaired) electrons. The molecule has 0 unspecified atom stereocenters. The third-order valence-corrected chi connectivity index (χ3v) is 8.38. The highest BCUT2D eigenvalue weighted by molar-refractivity contribution is 7.99. The van der Waals surface area contributed by atoms with Crippen LogP contribution in [0.3, 0.4) is 0 Å². The van der Waals surface area contributed by atoms with Crippen molar-refractivity contribution in [1.29, 1.82) is 0 Å². The Bertz CT molecular complexity index is 1230. The van der Waals surface area contributed by atoms with Crippen molar-refractivity contribution >= 4 is 50.6 Å². The van der Waals surface area contributed by atoms with Gasteiger partial charge in [-0.3, -0.25) is 14.2 Å². The fraction of sp³-hybridized carbons (Fsp3) is 0.423. The molecule has 0 aliphatic heterocycles. The van der Waals surface area contributed by atoms with Crippen LogP contribution in [-0.4, -0.2) is 34.3 Å². The summed E-state index contributed by atoms with van der Waals surface area (Å²) in [5.41, 5.74) is 3.07. The topological polar surface area (TPSA) is 67.2 Å². The lowest BCUT2D eigenvalue weighted by molar-refractivity contribution is -0.113. The van der Waals surface area contributed by atoms with Crippen molar-refractivity contribution in [1.82, 2.24) is 9.55 Å². The summed E-state index contributed by atoms with van der Waals surface area (Å²) >= 11 is 2.94. The normalized spacial score (nSPS) is 13.4. The van der Waals surface area contributed by atoms with Gasteiger partial charge in [0.05, 0.1) is 11.1 Å². The maximum absolute atomic E-state index is 13.4. The van der Waals surface area contributed by atoms with Crippen LogP contribution in [0.5, 0.6) is 0 Å². The molecule has 1 aliphatic rings. The van der Waals surface area contributed by atoms with E-state index < -0.39 is 0 Å². The molecule has 8 heteroatoms. The molecule has 6 nitrogen and oxygen atoms in total. The molecule has 1 amide bonds. The van der Waals surface area contributed by atoms with Gasteiger partial charge in [0.1, 0.15) is 4.83 Å². The molecule has 1 aromatic carbocycles. The quantitative estimate of drug-likeness (QED) is 0.184. The van der Waals surface area contributed by atoms with Gasteiger partial charge >= 0.3 is 0 Å². The lowest BCUT2D eigenvalue weighted by Gasteiger charge is -2.21. The van der Waals surface area contributed by atoms with E-state index in [0.29, 0.717) is 11.7 Å². The predicted molar refractivity (Wildman–Crippen MR) is 145 cm³/mol. The van der Waals surface area contributed by atoms with Crippen LogP contribution >= 0.6 is 23.1 Å². The van der Waals surface area contributed by atoms with Crippen molar-refractivity contribution < 1.29 is 4.79 Å². The van der Waals surface area contributed by atoms with Gasteiger partial charge in [0, 0.05) is 35.9 Å². The van der Waals surface area contributed by atoms with E-state index in [2.05, 4.69) is 30.6 Å². The van der Waals surface area contributed by atoms with Crippen LogP contribution in [0, 0.1) is 0 Å². The molecule has 180 valence electrons. The van der Waals surface area contributed by atoms with Crippen LogP contribution in [0.1, 0.15) is 43.6 Å². The summed E-state index contributed by atoms with van der Waals surface area (Å²) in [6.07, 6.45) is 7.17. The van der Waals surface area contributed by atoms with Crippen LogP contribution in [0.25, 0.3) is 10.2 Å². The van der Waals surface area contributed by atoms with E-state index in [-0.39, 0.29) is 17.2 Å². The lowest BCUT2D eigenvalue weighted by Crippen LogP contribution is -2.24. The molecule has 0 saturated carbocycles. The van der Waals surface area contributed by atoms with E-state index in [1.54, 1.807) is 22.0 Å². The molecular weight excluding hydrogens is 464 g/mol. The summed E-state index contributed by atoms with van der Waals surface area (Å²) < 4.78 is 1.66. The molecule has 1 N–H and O–H groups in total. The highest BCUT2D eigenvalue weighted by atomic mass is 32.2. The van der Waals surface area contributed by atoms with Crippen LogP contribution in [0.2, 0.25) is 0 Å². The van der Waals surface area contributed by atoms with Crippen LogP contribution in [0.4, 0.5) is 11.4 Å². The van der Waals surface area contributed by atoms with Crippen molar-refractivity contribution in [2.24, 2.45) is 0 Å². The van der Waals surface area contributed by atoms with Crippen molar-refractivity contribution in [2.45, 2.75) is 57.7 Å². The van der Waals surface area contributed by atoms with Crippen molar-refractivity contribution in [3.05, 3.63) is 57.7 Å². The minimum atomic E-state index is -0.123. The largest absolute Gasteiger partial charge is 0.372 e. The highest BCUT2D eigenvalue weighted by Gasteiger charge is 2.21. The first kappa shape index (κ1) is 24.5. The van der Waals surface area contributed by atoms with Gasteiger partial charge in [-0.1, -0.05) is 24.3 Å². The number of allylic oxidation sites excluding steroid dienone is 1. The summed E-state index contributed by atoms with van der Waals surface area (Å²) in [5, 5.41) is 4.29. The Kier molecular flexibility index (Phi) is 8.11. The second kappa shape index (κ2) is 11.2. The van der Waals surface area contributed by atoms with Crippen molar-refractivity contribution in [3.8, 4) is 0 Å². The van der Waals surface area contributed by atoms with Gasteiger partial charge in [-0.25, -0.2) is 4.98 Å². The molecule has 0 bridgehead atoms. The van der Waals surface area contributed by atoms with Gasteiger partial charge in [-0.15, -0.1) is 17.9 Å². The Labute approximate surface area is 209 Å². The van der Waals surface area contributed by atoms with E-state index in [9.17, 15) is 9.59 Å². The van der Waals surface area contributed by atoms with E-state index >= 15 is 0 Å². The van der Waals surface area contributed by atoms with Crippen LogP contribution < -0.4 is 15.8 Å². The number of nitrogens with one attached hydrogen (secondary N) is 1. The Morgan fingerprint density at radius 1 is 1.21 bits per heavy atom. The Balaban J connectivity index is 1.51. The van der Waals surface area contributed by atoms with Gasteiger partial charge < -0.3 is 10.2 Å². The minimum Gasteiger partial charge on any atom is -0.372 e. The molecule has 0 spiro atoms. The molecule has 0 saturated heterocycles. The number of hydrogen-bond acceptors (Lipinski definition) is 6. The first-order valence-electron chi connectivity index (χ1n) is 12.0. The average Bonchev–Trinajstić information content (AvgIpc) is 3.02. The zero-order chi connectivity index (χ0) is 24.1. The zero-order valence-corrected chi connectivity index (χ0v) is 21.6. The molecule has 0 fully saturated rings. The van der Waals surface area contributed by atoms with Gasteiger partial charge in [0.2, 0.25) is 5.91 Å². The lowest BCUT2D eigenvalue weighted by atomic mass is 10.1. The Morgan fingerprint density at radius 2 is 1.94 bits per heavy atom. The molecule has 1 aliphatic carbocycles. The minimum absolute atomic E-state index is 0.0146. The van der Waals surface area contributed by atoms with Gasteiger partial charge in [-0.05, 0) is 69.4 Å². The third-order valence-electron chi connectivity index (χ3n) is 6.21.